The third-order valence-corrected chi connectivity index (χ3v) is 8.89. The Morgan fingerprint density at radius 3 is 2.20 bits per heavy atom. The van der Waals surface area contributed by atoms with Crippen LogP contribution in [-0.4, -0.2) is 50.1 Å². The monoisotopic (exact) mass is 621 g/mol. The average molecular weight is 621 g/mol. The number of alkyl halides is 3. The van der Waals surface area contributed by atoms with Crippen molar-refractivity contribution in [3.05, 3.63) is 94.3 Å². The molecule has 6 nitrogen and oxygen atoms in total. The third kappa shape index (κ3) is 7.21. The maximum Gasteiger partial charge on any atom is 0.416 e. The number of piperidine rings is 1. The number of carbonyl (C=O) groups is 2. The number of anilines is 2. The first-order valence-corrected chi connectivity index (χ1v) is 15.4. The van der Waals surface area contributed by atoms with E-state index in [1.54, 1.807) is 13.0 Å². The Balaban J connectivity index is 1.49. The quantitative estimate of drug-likeness (QED) is 0.253. The molecule has 1 aliphatic carbocycles. The van der Waals surface area contributed by atoms with Crippen LogP contribution in [0.4, 0.5) is 28.9 Å². The normalized spacial score (nSPS) is 19.4. The lowest BCUT2D eigenvalue weighted by molar-refractivity contribution is -0.139. The van der Waals surface area contributed by atoms with E-state index in [2.05, 4.69) is 10.6 Å². The molecule has 0 spiro atoms. The molecule has 1 aliphatic heterocycles. The van der Waals surface area contributed by atoms with Crippen LogP contribution in [0.15, 0.2) is 60.7 Å². The van der Waals surface area contributed by atoms with Crippen LogP contribution in [0.2, 0.25) is 0 Å². The van der Waals surface area contributed by atoms with Crippen molar-refractivity contribution in [3.8, 4) is 0 Å². The van der Waals surface area contributed by atoms with Gasteiger partial charge in [-0.1, -0.05) is 43.2 Å². The van der Waals surface area contributed by atoms with Crippen molar-refractivity contribution in [1.29, 1.82) is 0 Å². The summed E-state index contributed by atoms with van der Waals surface area (Å²) in [7, 11) is 2.53. The minimum atomic E-state index is -4.77. The van der Waals surface area contributed by atoms with Crippen molar-refractivity contribution in [1.82, 2.24) is 4.90 Å². The Labute approximate surface area is 262 Å². The van der Waals surface area contributed by atoms with Gasteiger partial charge < -0.3 is 20.6 Å². The summed E-state index contributed by atoms with van der Waals surface area (Å²) in [6, 6.07) is 14.8. The maximum atomic E-state index is 15.0. The summed E-state index contributed by atoms with van der Waals surface area (Å²) in [5, 5.41) is 14.7. The van der Waals surface area contributed by atoms with Gasteiger partial charge in [0.05, 0.1) is 23.1 Å². The van der Waals surface area contributed by atoms with Gasteiger partial charge in [0.1, 0.15) is 21.5 Å². The molecule has 1 saturated heterocycles. The number of likely N-dealkylation sites (tertiary alicyclic amines) is 1. The van der Waals surface area contributed by atoms with Gasteiger partial charge in [-0.05, 0) is 79.6 Å². The van der Waals surface area contributed by atoms with Gasteiger partial charge in [-0.2, -0.15) is 13.2 Å². The summed E-state index contributed by atoms with van der Waals surface area (Å²) < 4.78 is 56.9. The number of amides is 2. The van der Waals surface area contributed by atoms with Crippen molar-refractivity contribution in [3.63, 3.8) is 0 Å². The first kappa shape index (κ1) is 32.6. The van der Waals surface area contributed by atoms with Gasteiger partial charge in [0.2, 0.25) is 5.91 Å². The van der Waals surface area contributed by atoms with Crippen LogP contribution in [0, 0.1) is 18.7 Å². The third-order valence-electron chi connectivity index (χ3n) is 8.89. The topological polar surface area (TPSA) is 81.7 Å². The number of hydrogen-bond acceptors (Lipinski definition) is 4. The molecule has 2 fully saturated rings. The van der Waals surface area contributed by atoms with E-state index in [4.69, 9.17) is 0 Å². The molecule has 0 radical (unpaired) electrons. The van der Waals surface area contributed by atoms with Crippen LogP contribution in [-0.2, 0) is 16.4 Å². The second kappa shape index (κ2) is 12.9. The van der Waals surface area contributed by atoms with Gasteiger partial charge in [0.15, 0.2) is 0 Å². The first-order chi connectivity index (χ1) is 21.2. The molecule has 1 heterocycles. The second-order valence-electron chi connectivity index (χ2n) is 12.7. The molecule has 5 rings (SSSR count). The molecule has 3 aromatic carbocycles. The lowest BCUT2D eigenvalue weighted by Gasteiger charge is -2.41. The zero-order chi connectivity index (χ0) is 32.5. The van der Waals surface area contributed by atoms with E-state index in [9.17, 15) is 32.3 Å². The molecule has 3 N–H and O–H groups in total. The number of hydrogen-bond donors (Lipinski definition) is 3. The Bertz CT molecular complexity index is 1530. The van der Waals surface area contributed by atoms with Gasteiger partial charge in [-0.15, -0.1) is 0 Å². The van der Waals surface area contributed by atoms with Gasteiger partial charge in [-0.3, -0.25) is 9.59 Å². The Morgan fingerprint density at radius 2 is 1.58 bits per heavy atom. The lowest BCUT2D eigenvalue weighted by atomic mass is 9.60. The van der Waals surface area contributed by atoms with Crippen molar-refractivity contribution in [2.45, 2.75) is 69.1 Å². The van der Waals surface area contributed by atoms with E-state index in [1.165, 1.54) is 51.6 Å². The molecule has 2 amide bonds. The molecule has 0 unspecified atom stereocenters. The molecular formula is C33H37B2F4N3O3. The van der Waals surface area contributed by atoms with Gasteiger partial charge >= 0.3 is 6.18 Å². The zero-order valence-electron chi connectivity index (χ0n) is 25.7. The molecule has 2 atom stereocenters. The Morgan fingerprint density at radius 1 is 0.911 bits per heavy atom. The summed E-state index contributed by atoms with van der Waals surface area (Å²) in [5.41, 5.74) is 0.535. The number of halogens is 4. The minimum absolute atomic E-state index is 0.0693. The lowest BCUT2D eigenvalue weighted by Crippen LogP contribution is -2.46. The van der Waals surface area contributed by atoms with Crippen molar-refractivity contribution < 1.29 is 32.3 Å². The summed E-state index contributed by atoms with van der Waals surface area (Å²) in [6.07, 6.45) is 0.567. The second-order valence-corrected chi connectivity index (χ2v) is 12.7. The molecular weight excluding hydrogens is 584 g/mol. The minimum Gasteiger partial charge on any atom is -0.403 e. The highest BCUT2D eigenvalue weighted by atomic mass is 19.4. The van der Waals surface area contributed by atoms with Crippen LogP contribution in [0.25, 0.3) is 0 Å². The largest absolute Gasteiger partial charge is 0.416 e. The molecule has 3 aromatic rings. The van der Waals surface area contributed by atoms with E-state index < -0.39 is 46.7 Å². The van der Waals surface area contributed by atoms with Gasteiger partial charge in [-0.25, -0.2) is 4.39 Å². The highest BCUT2D eigenvalue weighted by Gasteiger charge is 2.41. The fourth-order valence-corrected chi connectivity index (χ4v) is 6.66. The fraction of sp³-hybridized carbons (Fsp3) is 0.394. The number of rotatable bonds is 7. The molecule has 236 valence electrons. The van der Waals surface area contributed by atoms with E-state index in [0.29, 0.717) is 30.0 Å². The van der Waals surface area contributed by atoms with E-state index >= 15 is 0 Å². The van der Waals surface area contributed by atoms with Crippen LogP contribution in [0.3, 0.4) is 0 Å². The predicted molar refractivity (Wildman–Crippen MR) is 171 cm³/mol. The van der Waals surface area contributed by atoms with Crippen LogP contribution < -0.4 is 10.6 Å². The van der Waals surface area contributed by atoms with E-state index in [-0.39, 0.29) is 23.4 Å². The van der Waals surface area contributed by atoms with Crippen LogP contribution >= 0.6 is 0 Å². The molecule has 2 aliphatic rings. The Hall–Kier alpha value is -3.79. The van der Waals surface area contributed by atoms with Crippen molar-refractivity contribution in [2.24, 2.45) is 5.92 Å². The SMILES string of the molecule is BC(B)(O)c1ccc(NC(=O)[C@H]2CCCN(C(=O)c3c(C)cccc3F)[C@H]2c2ccc(NC3CCCC3)cc2)cc1C(F)(F)F. The highest BCUT2D eigenvalue weighted by Crippen LogP contribution is 2.40. The molecule has 0 bridgehead atoms. The number of nitrogens with zero attached hydrogens (tertiary/aromatic N) is 1. The van der Waals surface area contributed by atoms with Crippen LogP contribution in [0.5, 0.6) is 0 Å². The summed E-state index contributed by atoms with van der Waals surface area (Å²) >= 11 is 0. The van der Waals surface area contributed by atoms with E-state index in [0.717, 1.165) is 30.7 Å². The van der Waals surface area contributed by atoms with Gasteiger partial charge in [0, 0.05) is 29.4 Å². The number of aryl methyl sites for hydroxylation is 1. The van der Waals surface area contributed by atoms with Crippen LogP contribution in [0.1, 0.15) is 77.2 Å². The number of nitrogens with one attached hydrogen (secondary N) is 2. The first-order valence-electron chi connectivity index (χ1n) is 15.4. The zero-order valence-corrected chi connectivity index (χ0v) is 25.7. The predicted octanol–water partition coefficient (Wildman–Crippen LogP) is 5.11. The summed E-state index contributed by atoms with van der Waals surface area (Å²) in [5.74, 6) is -2.59. The number of benzene rings is 3. The smallest absolute Gasteiger partial charge is 0.403 e. The Kier molecular flexibility index (Phi) is 9.35. The highest BCUT2D eigenvalue weighted by molar-refractivity contribution is 6.38. The maximum absolute atomic E-state index is 15.0. The molecule has 1 saturated carbocycles. The average Bonchev–Trinajstić information content (AvgIpc) is 3.49. The molecule has 45 heavy (non-hydrogen) atoms. The molecule has 0 aromatic heterocycles. The summed E-state index contributed by atoms with van der Waals surface area (Å²) in [6.45, 7) is 1.93. The standard InChI is InChI=1S/C33H37B2F4N3O3/c1-19-6-4-10-27(36)28(19)31(44)42-17-5-9-24(29(42)20-11-13-22(14-12-20)40-21-7-2-3-8-21)30(43)41-23-15-16-25(32(34,35)45)26(18-23)33(37,38)39/h4,6,10-16,18,21,24,29,40,45H,2-3,5,7-9,17,34-35H2,1H3,(H,41,43)/t24-,29-/m0/s1. The van der Waals surface area contributed by atoms with Crippen molar-refractivity contribution in [2.75, 3.05) is 17.2 Å². The number of aliphatic hydroxyl groups is 1. The molecule has 12 heteroatoms. The fourth-order valence-electron chi connectivity index (χ4n) is 6.66. The van der Waals surface area contributed by atoms with Crippen molar-refractivity contribution >= 4 is 38.9 Å². The number of carbonyl (C=O) groups excluding carboxylic acids is 2. The van der Waals surface area contributed by atoms with E-state index in [1.807, 2.05) is 24.3 Å². The van der Waals surface area contributed by atoms with Gasteiger partial charge in [0.25, 0.3) is 5.91 Å². The summed E-state index contributed by atoms with van der Waals surface area (Å²) in [4.78, 5) is 29.3.